The molecule has 0 aliphatic rings. The van der Waals surface area contributed by atoms with Crippen molar-refractivity contribution in [1.82, 2.24) is 9.78 Å². The highest BCUT2D eigenvalue weighted by Gasteiger charge is 2.40. The van der Waals surface area contributed by atoms with Gasteiger partial charge in [-0.15, -0.1) is 0 Å². The maximum Gasteiger partial charge on any atom is 0.330 e. The number of nitrogens with one attached hydrogen (secondary N) is 1. The first kappa shape index (κ1) is 24.4. The van der Waals surface area contributed by atoms with E-state index in [2.05, 4.69) is 10.4 Å². The highest BCUT2D eigenvalue weighted by Crippen LogP contribution is 2.24. The van der Waals surface area contributed by atoms with Crippen molar-refractivity contribution in [1.29, 1.82) is 0 Å². The summed E-state index contributed by atoms with van der Waals surface area (Å²) in [6, 6.07) is 14.1. The number of hydrogen-bond acceptors (Lipinski definition) is 3. The molecule has 0 bridgehead atoms. The predicted molar refractivity (Wildman–Crippen MR) is 117 cm³/mol. The summed E-state index contributed by atoms with van der Waals surface area (Å²) in [6.45, 7) is 4.52. The zero-order valence-electron chi connectivity index (χ0n) is 18.5. The summed E-state index contributed by atoms with van der Waals surface area (Å²) in [5, 5.41) is 7.39. The summed E-state index contributed by atoms with van der Waals surface area (Å²) < 4.78 is 57.0. The minimum atomic E-state index is -4.22. The van der Waals surface area contributed by atoms with Crippen molar-refractivity contribution in [2.24, 2.45) is 0 Å². The van der Waals surface area contributed by atoms with E-state index in [1.54, 1.807) is 25.1 Å². The van der Waals surface area contributed by atoms with Crippen LogP contribution in [0.1, 0.15) is 38.4 Å². The van der Waals surface area contributed by atoms with Gasteiger partial charge in [-0.2, -0.15) is 13.9 Å². The molecule has 5 nitrogen and oxygen atoms in total. The Kier molecular flexibility index (Phi) is 7.53. The van der Waals surface area contributed by atoms with Crippen molar-refractivity contribution < 1.29 is 27.1 Å². The van der Waals surface area contributed by atoms with Gasteiger partial charge >= 0.3 is 12.3 Å². The van der Waals surface area contributed by atoms with E-state index >= 15 is 0 Å². The minimum absolute atomic E-state index is 0.280. The molecule has 0 aliphatic heterocycles. The second kappa shape index (κ2) is 10.2. The SMILES string of the molecule is Cc1ccccc1Cn1nc(C)c(NC(=O)c2cccc(COCC(F)(F)C(F)F)c2)c1C. The lowest BCUT2D eigenvalue weighted by Gasteiger charge is -2.15. The van der Waals surface area contributed by atoms with Crippen molar-refractivity contribution in [3.63, 3.8) is 0 Å². The van der Waals surface area contributed by atoms with Crippen LogP contribution in [0.25, 0.3) is 0 Å². The molecule has 0 spiro atoms. The summed E-state index contributed by atoms with van der Waals surface area (Å²) in [5.41, 5.74) is 4.98. The number of anilines is 1. The van der Waals surface area contributed by atoms with Crippen LogP contribution in [0.15, 0.2) is 48.5 Å². The van der Waals surface area contributed by atoms with Crippen LogP contribution in [-0.4, -0.2) is 34.6 Å². The van der Waals surface area contributed by atoms with Gasteiger partial charge in [0.05, 0.1) is 30.2 Å². The number of nitrogens with zero attached hydrogens (tertiary/aromatic N) is 2. The fourth-order valence-electron chi connectivity index (χ4n) is 3.34. The smallest absolute Gasteiger partial charge is 0.330 e. The molecule has 2 aromatic carbocycles. The number of rotatable bonds is 9. The van der Waals surface area contributed by atoms with Gasteiger partial charge in [-0.05, 0) is 49.6 Å². The molecule has 0 atom stereocenters. The van der Waals surface area contributed by atoms with Crippen LogP contribution in [-0.2, 0) is 17.9 Å². The van der Waals surface area contributed by atoms with Crippen LogP contribution >= 0.6 is 0 Å². The Morgan fingerprint density at radius 3 is 2.55 bits per heavy atom. The van der Waals surface area contributed by atoms with Gasteiger partial charge in [-0.25, -0.2) is 8.78 Å². The molecule has 3 rings (SSSR count). The lowest BCUT2D eigenvalue weighted by Crippen LogP contribution is -2.32. The maximum absolute atomic E-state index is 13.0. The normalized spacial score (nSPS) is 11.8. The third-order valence-electron chi connectivity index (χ3n) is 5.27. The molecule has 1 N–H and O–H groups in total. The summed E-state index contributed by atoms with van der Waals surface area (Å²) in [7, 11) is 0. The van der Waals surface area contributed by atoms with Crippen LogP contribution in [0.4, 0.5) is 23.2 Å². The summed E-state index contributed by atoms with van der Waals surface area (Å²) >= 11 is 0. The molecular weight excluding hydrogens is 438 g/mol. The van der Waals surface area contributed by atoms with Crippen LogP contribution in [0.2, 0.25) is 0 Å². The van der Waals surface area contributed by atoms with Crippen LogP contribution < -0.4 is 5.32 Å². The van der Waals surface area contributed by atoms with E-state index in [1.807, 2.05) is 42.8 Å². The van der Waals surface area contributed by atoms with Crippen molar-refractivity contribution in [3.8, 4) is 0 Å². The highest BCUT2D eigenvalue weighted by molar-refractivity contribution is 6.05. The second-order valence-corrected chi connectivity index (χ2v) is 7.84. The molecule has 0 unspecified atom stereocenters. The number of hydrogen-bond donors (Lipinski definition) is 1. The van der Waals surface area contributed by atoms with E-state index in [9.17, 15) is 22.4 Å². The molecule has 9 heteroatoms. The fraction of sp³-hybridized carbons (Fsp3) is 0.333. The van der Waals surface area contributed by atoms with Crippen molar-refractivity contribution >= 4 is 11.6 Å². The van der Waals surface area contributed by atoms with Gasteiger partial charge in [-0.3, -0.25) is 9.48 Å². The zero-order valence-corrected chi connectivity index (χ0v) is 18.5. The highest BCUT2D eigenvalue weighted by atomic mass is 19.3. The number of carbonyl (C=O) groups excluding carboxylic acids is 1. The first-order valence-corrected chi connectivity index (χ1v) is 10.3. The van der Waals surface area contributed by atoms with Crippen LogP contribution in [0.3, 0.4) is 0 Å². The Hall–Kier alpha value is -3.20. The fourth-order valence-corrected chi connectivity index (χ4v) is 3.34. The Bertz CT molecular complexity index is 1130. The van der Waals surface area contributed by atoms with Gasteiger partial charge in [0.25, 0.3) is 5.91 Å². The first-order valence-electron chi connectivity index (χ1n) is 10.3. The van der Waals surface area contributed by atoms with E-state index < -0.39 is 24.9 Å². The lowest BCUT2D eigenvalue weighted by atomic mass is 10.1. The first-order chi connectivity index (χ1) is 15.6. The van der Waals surface area contributed by atoms with E-state index in [-0.39, 0.29) is 12.2 Å². The topological polar surface area (TPSA) is 56.2 Å². The number of ether oxygens (including phenoxy) is 1. The average molecular weight is 463 g/mol. The van der Waals surface area contributed by atoms with Gasteiger partial charge in [0.1, 0.15) is 6.61 Å². The number of aryl methyl sites for hydroxylation is 2. The molecule has 176 valence electrons. The van der Waals surface area contributed by atoms with E-state index in [1.165, 1.54) is 6.07 Å². The van der Waals surface area contributed by atoms with Gasteiger partial charge in [0.15, 0.2) is 0 Å². The number of benzene rings is 2. The number of aromatic nitrogens is 2. The Morgan fingerprint density at radius 2 is 1.85 bits per heavy atom. The number of carbonyl (C=O) groups is 1. The van der Waals surface area contributed by atoms with Crippen molar-refractivity contribution in [2.45, 2.75) is 46.3 Å². The molecule has 1 amide bonds. The van der Waals surface area contributed by atoms with E-state index in [0.29, 0.717) is 23.5 Å². The average Bonchev–Trinajstić information content (AvgIpc) is 3.02. The molecular formula is C24H25F4N3O2. The van der Waals surface area contributed by atoms with E-state index in [0.717, 1.165) is 16.8 Å². The van der Waals surface area contributed by atoms with Gasteiger partial charge in [-0.1, -0.05) is 36.4 Å². The molecule has 33 heavy (non-hydrogen) atoms. The largest absolute Gasteiger partial charge is 0.370 e. The third-order valence-corrected chi connectivity index (χ3v) is 5.27. The van der Waals surface area contributed by atoms with Crippen LogP contribution in [0, 0.1) is 20.8 Å². The third kappa shape index (κ3) is 5.98. The predicted octanol–water partition coefficient (Wildman–Crippen LogP) is 5.53. The quantitative estimate of drug-likeness (QED) is 0.425. The molecule has 0 fully saturated rings. The molecule has 3 aromatic rings. The lowest BCUT2D eigenvalue weighted by molar-refractivity contribution is -0.168. The van der Waals surface area contributed by atoms with Crippen molar-refractivity contribution in [2.75, 3.05) is 11.9 Å². The van der Waals surface area contributed by atoms with Gasteiger partial charge in [0, 0.05) is 5.56 Å². The van der Waals surface area contributed by atoms with Gasteiger partial charge in [0.2, 0.25) is 0 Å². The minimum Gasteiger partial charge on any atom is -0.370 e. The van der Waals surface area contributed by atoms with Crippen LogP contribution in [0.5, 0.6) is 0 Å². The molecule has 0 aliphatic carbocycles. The molecule has 0 radical (unpaired) electrons. The molecule has 0 saturated heterocycles. The maximum atomic E-state index is 13.0. The number of halogens is 4. The van der Waals surface area contributed by atoms with Gasteiger partial charge < -0.3 is 10.1 Å². The molecule has 1 heterocycles. The Morgan fingerprint density at radius 1 is 1.12 bits per heavy atom. The summed E-state index contributed by atoms with van der Waals surface area (Å²) in [6.07, 6.45) is -3.80. The molecule has 0 saturated carbocycles. The molecule has 1 aromatic heterocycles. The Balaban J connectivity index is 1.69. The summed E-state index contributed by atoms with van der Waals surface area (Å²) in [4.78, 5) is 12.8. The monoisotopic (exact) mass is 463 g/mol. The number of amides is 1. The standard InChI is InChI=1S/C24H25F4N3O2/c1-15-7-4-5-9-20(15)12-31-17(3)21(16(2)30-31)29-22(32)19-10-6-8-18(11-19)13-33-14-24(27,28)23(25)26/h4-11,23H,12-14H2,1-3H3,(H,29,32). The van der Waals surface area contributed by atoms with Crippen molar-refractivity contribution in [3.05, 3.63) is 82.2 Å². The number of alkyl halides is 4. The summed E-state index contributed by atoms with van der Waals surface area (Å²) in [5.74, 6) is -4.63. The van der Waals surface area contributed by atoms with E-state index in [4.69, 9.17) is 4.74 Å². The Labute approximate surface area is 189 Å². The second-order valence-electron chi connectivity index (χ2n) is 7.84. The zero-order chi connectivity index (χ0) is 24.2.